The van der Waals surface area contributed by atoms with Crippen LogP contribution in [0, 0.1) is 0 Å². The molecule has 0 aromatic heterocycles. The lowest BCUT2D eigenvalue weighted by Gasteiger charge is -2.29. The van der Waals surface area contributed by atoms with Crippen molar-refractivity contribution in [1.82, 2.24) is 4.90 Å². The van der Waals surface area contributed by atoms with E-state index >= 15 is 0 Å². The van der Waals surface area contributed by atoms with Gasteiger partial charge in [0.05, 0.1) is 0 Å². The smallest absolute Gasteiger partial charge is 0.429 e. The maximum absolute atomic E-state index is 13.0. The van der Waals surface area contributed by atoms with Crippen molar-refractivity contribution in [3.8, 4) is 0 Å². The summed E-state index contributed by atoms with van der Waals surface area (Å²) in [7, 11) is 0. The molecule has 0 spiro atoms. The molecule has 1 unspecified atom stereocenters. The van der Waals surface area contributed by atoms with E-state index in [2.05, 4.69) is 0 Å². The molecule has 0 saturated carbocycles. The Morgan fingerprint density at radius 1 is 1.10 bits per heavy atom. The van der Waals surface area contributed by atoms with Gasteiger partial charge in [-0.1, -0.05) is 30.3 Å². The number of benzene rings is 1. The Balaban J connectivity index is 2.10. The highest BCUT2D eigenvalue weighted by Gasteiger charge is 2.44. The molecule has 1 aliphatic rings. The topological polar surface area (TPSA) is 29.5 Å². The second-order valence-corrected chi connectivity index (χ2v) is 4.76. The Bertz CT molecular complexity index is 441. The number of carbonyl (C=O) groups is 1. The first-order valence-electron chi connectivity index (χ1n) is 6.55. The average Bonchev–Trinajstić information content (AvgIpc) is 2.45. The molecule has 1 aromatic carbocycles. The molecule has 6 heteroatoms. The number of rotatable bonds is 2. The van der Waals surface area contributed by atoms with Gasteiger partial charge in [0.2, 0.25) is 6.10 Å². The van der Waals surface area contributed by atoms with Crippen LogP contribution in [0.4, 0.5) is 18.0 Å². The molecular formula is C14H16F3NO2. The number of hydrogen-bond acceptors (Lipinski definition) is 2. The molecule has 20 heavy (non-hydrogen) atoms. The highest BCUT2D eigenvalue weighted by molar-refractivity contribution is 5.68. The molecule has 1 fully saturated rings. The van der Waals surface area contributed by atoms with Crippen LogP contribution in [0.25, 0.3) is 0 Å². The van der Waals surface area contributed by atoms with Gasteiger partial charge in [0, 0.05) is 18.7 Å². The zero-order valence-corrected chi connectivity index (χ0v) is 10.9. The van der Waals surface area contributed by atoms with Gasteiger partial charge in [-0.05, 0) is 19.3 Å². The number of carbonyl (C=O) groups excluding carboxylic acids is 1. The second-order valence-electron chi connectivity index (χ2n) is 4.76. The fourth-order valence-electron chi connectivity index (χ4n) is 2.20. The number of hydrogen-bond donors (Lipinski definition) is 0. The van der Waals surface area contributed by atoms with Gasteiger partial charge in [0.25, 0.3) is 0 Å². The summed E-state index contributed by atoms with van der Waals surface area (Å²) in [5.74, 6) is 0. The Morgan fingerprint density at radius 2 is 1.70 bits per heavy atom. The van der Waals surface area contributed by atoms with Crippen LogP contribution < -0.4 is 0 Å². The number of ether oxygens (including phenoxy) is 1. The van der Waals surface area contributed by atoms with Crippen LogP contribution in [0.5, 0.6) is 0 Å². The first kappa shape index (κ1) is 14.7. The number of likely N-dealkylation sites (tertiary alicyclic amines) is 1. The lowest BCUT2D eigenvalue weighted by molar-refractivity contribution is -0.209. The van der Waals surface area contributed by atoms with E-state index in [4.69, 9.17) is 4.74 Å². The zero-order chi connectivity index (χ0) is 14.6. The van der Waals surface area contributed by atoms with Gasteiger partial charge in [-0.2, -0.15) is 13.2 Å². The van der Waals surface area contributed by atoms with Crippen LogP contribution >= 0.6 is 0 Å². The van der Waals surface area contributed by atoms with E-state index in [0.717, 1.165) is 19.3 Å². The molecule has 1 amide bonds. The molecule has 0 radical (unpaired) electrons. The summed E-state index contributed by atoms with van der Waals surface area (Å²) in [6.45, 7) is 0.913. The normalized spacial score (nSPS) is 17.6. The fraction of sp³-hybridized carbons (Fsp3) is 0.500. The number of piperidine rings is 1. The maximum Gasteiger partial charge on any atom is 0.429 e. The Labute approximate surface area is 115 Å². The number of halogens is 3. The summed E-state index contributed by atoms with van der Waals surface area (Å²) >= 11 is 0. The SMILES string of the molecule is O=C(OC(c1ccccc1)C(F)(F)F)N1CCCCC1. The fourth-order valence-corrected chi connectivity index (χ4v) is 2.20. The van der Waals surface area contributed by atoms with Crippen LogP contribution in [0.3, 0.4) is 0 Å². The summed E-state index contributed by atoms with van der Waals surface area (Å²) in [6.07, 6.45) is -5.12. The molecule has 0 bridgehead atoms. The van der Waals surface area contributed by atoms with Crippen molar-refractivity contribution in [1.29, 1.82) is 0 Å². The quantitative estimate of drug-likeness (QED) is 0.825. The van der Waals surface area contributed by atoms with Crippen LogP contribution in [0.15, 0.2) is 30.3 Å². The standard InChI is InChI=1S/C14H16F3NO2/c15-14(16,17)12(11-7-3-1-4-8-11)20-13(19)18-9-5-2-6-10-18/h1,3-4,7-8,12H,2,5-6,9-10H2. The first-order chi connectivity index (χ1) is 9.48. The molecule has 1 aliphatic heterocycles. The van der Waals surface area contributed by atoms with Gasteiger partial charge in [0.15, 0.2) is 0 Å². The van der Waals surface area contributed by atoms with Gasteiger partial charge in [-0.15, -0.1) is 0 Å². The van der Waals surface area contributed by atoms with Crippen molar-refractivity contribution in [2.24, 2.45) is 0 Å². The second kappa shape index (κ2) is 6.15. The van der Waals surface area contributed by atoms with Crippen LogP contribution in [-0.2, 0) is 4.74 Å². The monoisotopic (exact) mass is 287 g/mol. The highest BCUT2D eigenvalue weighted by Crippen LogP contribution is 2.36. The third-order valence-corrected chi connectivity index (χ3v) is 3.23. The molecule has 1 aromatic rings. The Hall–Kier alpha value is -1.72. The highest BCUT2D eigenvalue weighted by atomic mass is 19.4. The van der Waals surface area contributed by atoms with Gasteiger partial charge >= 0.3 is 12.3 Å². The summed E-state index contributed by atoms with van der Waals surface area (Å²) in [6, 6.07) is 7.21. The summed E-state index contributed by atoms with van der Waals surface area (Å²) < 4.78 is 43.8. The first-order valence-corrected chi connectivity index (χ1v) is 6.55. The van der Waals surface area contributed by atoms with Gasteiger partial charge < -0.3 is 9.64 Å². The van der Waals surface area contributed by atoms with Gasteiger partial charge in [-0.25, -0.2) is 4.79 Å². The van der Waals surface area contributed by atoms with Crippen LogP contribution in [-0.4, -0.2) is 30.3 Å². The number of nitrogens with zero attached hydrogens (tertiary/aromatic N) is 1. The molecule has 1 atom stereocenters. The van der Waals surface area contributed by atoms with Crippen LogP contribution in [0.1, 0.15) is 30.9 Å². The van der Waals surface area contributed by atoms with Crippen molar-refractivity contribution >= 4 is 6.09 Å². The van der Waals surface area contributed by atoms with E-state index in [9.17, 15) is 18.0 Å². The van der Waals surface area contributed by atoms with E-state index in [1.54, 1.807) is 6.07 Å². The zero-order valence-electron chi connectivity index (χ0n) is 10.9. The van der Waals surface area contributed by atoms with E-state index in [-0.39, 0.29) is 5.56 Å². The molecular weight excluding hydrogens is 271 g/mol. The van der Waals surface area contributed by atoms with Crippen molar-refractivity contribution in [2.75, 3.05) is 13.1 Å². The lowest BCUT2D eigenvalue weighted by Crippen LogP contribution is -2.38. The number of alkyl halides is 3. The third kappa shape index (κ3) is 3.65. The molecule has 0 aliphatic carbocycles. The molecule has 1 heterocycles. The molecule has 2 rings (SSSR count). The van der Waals surface area contributed by atoms with Crippen molar-refractivity contribution in [3.05, 3.63) is 35.9 Å². The van der Waals surface area contributed by atoms with Gasteiger partial charge in [-0.3, -0.25) is 0 Å². The van der Waals surface area contributed by atoms with Crippen LogP contribution in [0.2, 0.25) is 0 Å². The lowest BCUT2D eigenvalue weighted by atomic mass is 10.1. The predicted molar refractivity (Wildman–Crippen MR) is 67.1 cm³/mol. The Kier molecular flexibility index (Phi) is 4.52. The maximum atomic E-state index is 13.0. The molecule has 1 saturated heterocycles. The minimum Gasteiger partial charge on any atom is -0.431 e. The predicted octanol–water partition coefficient (Wildman–Crippen LogP) is 3.91. The number of amides is 1. The largest absolute Gasteiger partial charge is 0.431 e. The van der Waals surface area contributed by atoms with Crippen molar-refractivity contribution in [3.63, 3.8) is 0 Å². The summed E-state index contributed by atoms with van der Waals surface area (Å²) in [4.78, 5) is 13.2. The summed E-state index contributed by atoms with van der Waals surface area (Å²) in [5, 5.41) is 0. The van der Waals surface area contributed by atoms with Crippen molar-refractivity contribution < 1.29 is 22.7 Å². The molecule has 3 nitrogen and oxygen atoms in total. The van der Waals surface area contributed by atoms with Gasteiger partial charge in [0.1, 0.15) is 0 Å². The van der Waals surface area contributed by atoms with E-state index < -0.39 is 18.4 Å². The minimum absolute atomic E-state index is 0.0645. The minimum atomic E-state index is -4.62. The molecule has 110 valence electrons. The average molecular weight is 287 g/mol. The van der Waals surface area contributed by atoms with E-state index in [1.807, 2.05) is 0 Å². The van der Waals surface area contributed by atoms with Crippen molar-refractivity contribution in [2.45, 2.75) is 31.5 Å². The van der Waals surface area contributed by atoms with E-state index in [0.29, 0.717) is 13.1 Å². The third-order valence-electron chi connectivity index (χ3n) is 3.23. The summed E-state index contributed by atoms with van der Waals surface area (Å²) in [5.41, 5.74) is -0.0645. The molecule has 0 N–H and O–H groups in total. The Morgan fingerprint density at radius 3 is 2.25 bits per heavy atom. The van der Waals surface area contributed by atoms with E-state index in [1.165, 1.54) is 29.2 Å².